The van der Waals surface area contributed by atoms with E-state index in [0.717, 1.165) is 0 Å². The zero-order valence-corrected chi connectivity index (χ0v) is 13.6. The maximum absolute atomic E-state index is 11.8. The van der Waals surface area contributed by atoms with Crippen molar-refractivity contribution in [2.24, 2.45) is 17.3 Å². The molecule has 6 heteroatoms. The molecule has 0 bridgehead atoms. The van der Waals surface area contributed by atoms with Crippen LogP contribution in [0.25, 0.3) is 0 Å². The fraction of sp³-hybridized carbons (Fsp3) is 0.818. The number of alkyl halides is 3. The molecule has 1 fully saturated rings. The first-order valence-corrected chi connectivity index (χ1v) is 7.90. The lowest BCUT2D eigenvalue weighted by Gasteiger charge is -2.07. The molecule has 3 nitrogen and oxygen atoms in total. The van der Waals surface area contributed by atoms with Gasteiger partial charge in [-0.15, -0.1) is 11.6 Å². The molecule has 0 aromatic rings. The van der Waals surface area contributed by atoms with Crippen LogP contribution >= 0.6 is 43.5 Å². The Morgan fingerprint density at radius 2 is 2.06 bits per heavy atom. The second-order valence-corrected chi connectivity index (χ2v) is 6.61. The largest absolute Gasteiger partial charge is 0.464 e. The van der Waals surface area contributed by atoms with Crippen LogP contribution < -0.4 is 0 Å². The molecule has 0 N–H and O–H groups in total. The lowest BCUT2D eigenvalue weighted by molar-refractivity contribution is -0.145. The summed E-state index contributed by atoms with van der Waals surface area (Å²) in [5.41, 5.74) is -0.199. The maximum atomic E-state index is 11.8. The van der Waals surface area contributed by atoms with E-state index in [1.165, 1.54) is 0 Å². The van der Waals surface area contributed by atoms with Crippen molar-refractivity contribution in [3.8, 4) is 0 Å². The average Bonchev–Trinajstić information content (AvgIpc) is 2.87. The number of hydrogen-bond acceptors (Lipinski definition) is 3. The average molecular weight is 390 g/mol. The normalized spacial score (nSPS) is 27.4. The molecule has 1 aliphatic carbocycles. The van der Waals surface area contributed by atoms with Crippen LogP contribution in [-0.2, 0) is 14.3 Å². The van der Waals surface area contributed by atoms with Crippen molar-refractivity contribution in [2.75, 3.05) is 17.8 Å². The number of ketones is 1. The minimum Gasteiger partial charge on any atom is -0.464 e. The number of esters is 1. The van der Waals surface area contributed by atoms with Gasteiger partial charge in [0.25, 0.3) is 0 Å². The number of carbonyl (C=O) groups excluding carboxylic acids is 2. The van der Waals surface area contributed by atoms with Gasteiger partial charge in [0.05, 0.1) is 22.0 Å². The van der Waals surface area contributed by atoms with Gasteiger partial charge in [-0.25, -0.2) is 0 Å². The number of halogens is 3. The number of hydrogen-bond donors (Lipinski definition) is 0. The number of Topliss-reactive ketones (excluding diaryl/α,β-unsaturated/α-hetero) is 1. The predicted octanol–water partition coefficient (Wildman–Crippen LogP) is 2.77. The second-order valence-electron chi connectivity index (χ2n) is 4.68. The summed E-state index contributed by atoms with van der Waals surface area (Å²) in [4.78, 5) is 23.1. The van der Waals surface area contributed by atoms with E-state index in [0.29, 0.717) is 11.2 Å². The van der Waals surface area contributed by atoms with Gasteiger partial charge in [0.15, 0.2) is 5.78 Å². The molecule has 0 spiro atoms. The van der Waals surface area contributed by atoms with Crippen LogP contribution in [0, 0.1) is 17.3 Å². The van der Waals surface area contributed by atoms with E-state index in [1.807, 2.05) is 13.8 Å². The van der Waals surface area contributed by atoms with Crippen LogP contribution in [0.2, 0.25) is 0 Å². The third-order valence-electron chi connectivity index (χ3n) is 3.24. The maximum Gasteiger partial charge on any atom is 0.309 e. The third-order valence-corrected chi connectivity index (χ3v) is 5.03. The monoisotopic (exact) mass is 388 g/mol. The zero-order chi connectivity index (χ0) is 13.2. The van der Waals surface area contributed by atoms with E-state index in [9.17, 15) is 9.59 Å². The molecule has 1 saturated carbocycles. The number of rotatable bonds is 6. The van der Waals surface area contributed by atoms with Crippen molar-refractivity contribution < 1.29 is 14.3 Å². The fourth-order valence-electron chi connectivity index (χ4n) is 2.18. The van der Waals surface area contributed by atoms with E-state index in [1.54, 1.807) is 0 Å². The molecule has 0 radical (unpaired) electrons. The highest BCUT2D eigenvalue weighted by atomic mass is 79.9. The summed E-state index contributed by atoms with van der Waals surface area (Å²) in [5, 5.41) is 0.291. The highest BCUT2D eigenvalue weighted by molar-refractivity contribution is 9.10. The first kappa shape index (κ1) is 15.4. The molecule has 0 heterocycles. The van der Waals surface area contributed by atoms with Crippen LogP contribution in [0.3, 0.4) is 0 Å². The summed E-state index contributed by atoms with van der Waals surface area (Å²) < 4.78 is 5.03. The molecule has 1 aliphatic rings. The van der Waals surface area contributed by atoms with Gasteiger partial charge >= 0.3 is 5.97 Å². The summed E-state index contributed by atoms with van der Waals surface area (Å²) >= 11 is 12.0. The molecular formula is C11H15Br2ClO3. The summed E-state index contributed by atoms with van der Waals surface area (Å²) in [5.74, 6) is -0.140. The lowest BCUT2D eigenvalue weighted by atomic mass is 10.1. The minimum absolute atomic E-state index is 0.00428. The van der Waals surface area contributed by atoms with Crippen LogP contribution in [-0.4, -0.2) is 34.4 Å². The summed E-state index contributed by atoms with van der Waals surface area (Å²) in [6.07, 6.45) is 0. The predicted molar refractivity (Wildman–Crippen MR) is 74.0 cm³/mol. The van der Waals surface area contributed by atoms with Gasteiger partial charge in [-0.3, -0.25) is 9.59 Å². The lowest BCUT2D eigenvalue weighted by Crippen LogP contribution is -2.21. The minimum atomic E-state index is -0.301. The van der Waals surface area contributed by atoms with Gasteiger partial charge < -0.3 is 4.74 Å². The number of carbonyl (C=O) groups is 2. The van der Waals surface area contributed by atoms with Crippen molar-refractivity contribution in [1.82, 2.24) is 0 Å². The van der Waals surface area contributed by atoms with E-state index in [-0.39, 0.29) is 40.4 Å². The summed E-state index contributed by atoms with van der Waals surface area (Å²) in [7, 11) is 0. The second kappa shape index (κ2) is 6.02. The molecule has 0 saturated heterocycles. The fourth-order valence-corrected chi connectivity index (χ4v) is 4.19. The van der Waals surface area contributed by atoms with Crippen molar-refractivity contribution in [3.05, 3.63) is 0 Å². The summed E-state index contributed by atoms with van der Waals surface area (Å²) in [6, 6.07) is 0. The first-order valence-electron chi connectivity index (χ1n) is 5.33. The Morgan fingerprint density at radius 1 is 1.47 bits per heavy atom. The molecule has 17 heavy (non-hydrogen) atoms. The van der Waals surface area contributed by atoms with Gasteiger partial charge in [-0.05, 0) is 11.3 Å². The Labute approximate surface area is 123 Å². The highest BCUT2D eigenvalue weighted by Crippen LogP contribution is 2.62. The van der Waals surface area contributed by atoms with Crippen molar-refractivity contribution >= 4 is 55.2 Å². The van der Waals surface area contributed by atoms with Gasteiger partial charge in [0, 0.05) is 0 Å². The van der Waals surface area contributed by atoms with Gasteiger partial charge in [0.1, 0.15) is 6.61 Å². The Balaban J connectivity index is 2.64. The molecule has 3 unspecified atom stereocenters. The van der Waals surface area contributed by atoms with E-state index >= 15 is 0 Å². The quantitative estimate of drug-likeness (QED) is 0.517. The van der Waals surface area contributed by atoms with Crippen molar-refractivity contribution in [3.63, 3.8) is 0 Å². The van der Waals surface area contributed by atoms with E-state index in [2.05, 4.69) is 31.9 Å². The summed E-state index contributed by atoms with van der Waals surface area (Å²) in [6.45, 7) is 4.17. The molecular weight excluding hydrogens is 375 g/mol. The van der Waals surface area contributed by atoms with Crippen molar-refractivity contribution in [1.29, 1.82) is 0 Å². The van der Waals surface area contributed by atoms with E-state index in [4.69, 9.17) is 16.3 Å². The van der Waals surface area contributed by atoms with Crippen LogP contribution in [0.4, 0.5) is 0 Å². The Hall–Kier alpha value is 0.390. The molecule has 0 amide bonds. The van der Waals surface area contributed by atoms with Crippen LogP contribution in [0.15, 0.2) is 0 Å². The molecule has 0 aliphatic heterocycles. The van der Waals surface area contributed by atoms with Crippen LogP contribution in [0.5, 0.6) is 0 Å². The smallest absolute Gasteiger partial charge is 0.309 e. The zero-order valence-electron chi connectivity index (χ0n) is 9.71. The number of ether oxygens (including phenoxy) is 1. The van der Waals surface area contributed by atoms with Gasteiger partial charge in [-0.1, -0.05) is 45.7 Å². The van der Waals surface area contributed by atoms with Crippen molar-refractivity contribution in [2.45, 2.75) is 18.7 Å². The first-order chi connectivity index (χ1) is 7.87. The Bertz CT molecular complexity index is 320. The topological polar surface area (TPSA) is 43.4 Å². The van der Waals surface area contributed by atoms with E-state index < -0.39 is 0 Å². The highest BCUT2D eigenvalue weighted by Gasteiger charge is 2.65. The SMILES string of the molecule is CC1(C)C(C(=O)OCCCl)C1C(Br)C(=O)CBr. The molecule has 98 valence electrons. The standard InChI is InChI=1S/C11H15Br2ClO3/c1-11(2)7(9(13)6(15)5-12)8(11)10(16)17-4-3-14/h7-9H,3-5H2,1-2H3. The molecule has 0 aromatic carbocycles. The molecule has 0 aromatic heterocycles. The molecule has 3 atom stereocenters. The van der Waals surface area contributed by atoms with Gasteiger partial charge in [0.2, 0.25) is 0 Å². The Morgan fingerprint density at radius 3 is 2.53 bits per heavy atom. The van der Waals surface area contributed by atoms with Crippen LogP contribution in [0.1, 0.15) is 13.8 Å². The molecule has 1 rings (SSSR count). The van der Waals surface area contributed by atoms with Gasteiger partial charge in [-0.2, -0.15) is 0 Å². The Kier molecular flexibility index (Phi) is 5.47. The third kappa shape index (κ3) is 3.24.